The number of hydrogen-bond acceptors (Lipinski definition) is 6. The van der Waals surface area contributed by atoms with Crippen LogP contribution in [0.2, 0.25) is 0 Å². The van der Waals surface area contributed by atoms with Crippen LogP contribution < -0.4 is 5.73 Å². The highest BCUT2D eigenvalue weighted by Gasteiger charge is 2.24. The van der Waals surface area contributed by atoms with Crippen LogP contribution in [-0.4, -0.2) is 24.4 Å². The molecule has 82 valence electrons. The van der Waals surface area contributed by atoms with E-state index in [1.165, 1.54) is 12.5 Å². The van der Waals surface area contributed by atoms with E-state index >= 15 is 0 Å². The zero-order valence-corrected chi connectivity index (χ0v) is 8.36. The molecule has 0 radical (unpaired) electrons. The molecule has 2 aromatic rings. The van der Waals surface area contributed by atoms with Crippen LogP contribution in [-0.2, 0) is 7.05 Å². The Morgan fingerprint density at radius 1 is 1.44 bits per heavy atom. The lowest BCUT2D eigenvalue weighted by Crippen LogP contribution is -2.04. The summed E-state index contributed by atoms with van der Waals surface area (Å²) in [6, 6.07) is 0. The minimum absolute atomic E-state index is 0.116. The summed E-state index contributed by atoms with van der Waals surface area (Å²) < 4.78 is 1.62. The average Bonchev–Trinajstić information content (AvgIpc) is 2.63. The molecule has 2 heterocycles. The molecular weight excluding hydrogens is 212 g/mol. The molecule has 0 unspecified atom stereocenters. The molecule has 0 atom stereocenters. The maximum absolute atomic E-state index is 10.9. The van der Waals surface area contributed by atoms with Crippen molar-refractivity contribution < 1.29 is 4.92 Å². The lowest BCUT2D eigenvalue weighted by atomic mass is 10.3. The molecule has 8 heteroatoms. The Morgan fingerprint density at radius 3 is 2.75 bits per heavy atom. The lowest BCUT2D eigenvalue weighted by molar-refractivity contribution is -0.383. The molecule has 0 fully saturated rings. The number of imidazole rings is 1. The third-order valence-corrected chi connectivity index (χ3v) is 2.07. The van der Waals surface area contributed by atoms with Crippen molar-refractivity contribution in [1.29, 1.82) is 0 Å². The normalized spacial score (nSPS) is 10.3. The Kier molecular flexibility index (Phi) is 2.24. The van der Waals surface area contributed by atoms with Gasteiger partial charge in [-0.3, -0.25) is 10.1 Å². The van der Waals surface area contributed by atoms with Crippen molar-refractivity contribution >= 4 is 11.5 Å². The molecule has 2 aromatic heterocycles. The Morgan fingerprint density at radius 2 is 2.19 bits per heavy atom. The van der Waals surface area contributed by atoms with Crippen LogP contribution in [0.25, 0.3) is 11.5 Å². The van der Waals surface area contributed by atoms with Gasteiger partial charge in [0.15, 0.2) is 11.5 Å². The first-order valence-corrected chi connectivity index (χ1v) is 4.34. The number of nitrogens with two attached hydrogens (primary N) is 1. The molecule has 0 aromatic carbocycles. The van der Waals surface area contributed by atoms with Gasteiger partial charge in [-0.15, -0.1) is 0 Å². The quantitative estimate of drug-likeness (QED) is 0.577. The summed E-state index contributed by atoms with van der Waals surface area (Å²) in [5.41, 5.74) is 5.24. The minimum Gasteiger partial charge on any atom is -0.378 e. The predicted octanol–water partition coefficient (Wildman–Crippen LogP) is 0.367. The second kappa shape index (κ2) is 3.57. The molecule has 0 bridgehead atoms. The predicted molar refractivity (Wildman–Crippen MR) is 55.3 cm³/mol. The molecule has 0 spiro atoms. The summed E-state index contributed by atoms with van der Waals surface area (Å²) in [6.07, 6.45) is 4.36. The maximum atomic E-state index is 10.9. The highest BCUT2D eigenvalue weighted by Crippen LogP contribution is 2.29. The van der Waals surface area contributed by atoms with Gasteiger partial charge in [-0.2, -0.15) is 0 Å². The van der Waals surface area contributed by atoms with Gasteiger partial charge in [-0.1, -0.05) is 0 Å². The molecule has 2 rings (SSSR count). The smallest absolute Gasteiger partial charge is 0.340 e. The molecule has 0 aliphatic rings. The lowest BCUT2D eigenvalue weighted by Gasteiger charge is -2.02. The molecule has 0 saturated carbocycles. The third-order valence-electron chi connectivity index (χ3n) is 2.07. The first kappa shape index (κ1) is 10.0. The monoisotopic (exact) mass is 220 g/mol. The number of anilines is 1. The van der Waals surface area contributed by atoms with E-state index in [-0.39, 0.29) is 17.2 Å². The summed E-state index contributed by atoms with van der Waals surface area (Å²) in [6.45, 7) is 0. The Labute approximate surface area is 89.9 Å². The van der Waals surface area contributed by atoms with Gasteiger partial charge in [0.25, 0.3) is 0 Å². The molecule has 0 amide bonds. The van der Waals surface area contributed by atoms with Crippen molar-refractivity contribution in [2.75, 3.05) is 5.73 Å². The van der Waals surface area contributed by atoms with Crippen LogP contribution in [0.5, 0.6) is 0 Å². The van der Waals surface area contributed by atoms with Crippen LogP contribution in [0.15, 0.2) is 18.7 Å². The van der Waals surface area contributed by atoms with Gasteiger partial charge in [0.1, 0.15) is 6.33 Å². The Hall–Kier alpha value is -2.51. The van der Waals surface area contributed by atoms with Crippen LogP contribution in [0, 0.1) is 10.1 Å². The largest absolute Gasteiger partial charge is 0.378 e. The second-order valence-corrected chi connectivity index (χ2v) is 3.07. The molecule has 0 saturated heterocycles. The van der Waals surface area contributed by atoms with E-state index in [9.17, 15) is 10.1 Å². The average molecular weight is 220 g/mol. The van der Waals surface area contributed by atoms with Crippen molar-refractivity contribution in [2.24, 2.45) is 7.05 Å². The number of nitro groups is 1. The summed E-state index contributed by atoms with van der Waals surface area (Å²) in [4.78, 5) is 21.7. The SMILES string of the molecule is Cn1ccnc1-c1ncnc(N)c1[N+](=O)[O-]. The number of hydrogen-bond donors (Lipinski definition) is 1. The fraction of sp³-hybridized carbons (Fsp3) is 0.125. The number of nitrogens with zero attached hydrogens (tertiary/aromatic N) is 5. The molecule has 8 nitrogen and oxygen atoms in total. The number of aryl methyl sites for hydroxylation is 1. The topological polar surface area (TPSA) is 113 Å². The second-order valence-electron chi connectivity index (χ2n) is 3.07. The van der Waals surface area contributed by atoms with Gasteiger partial charge in [0, 0.05) is 19.4 Å². The molecule has 0 aliphatic heterocycles. The van der Waals surface area contributed by atoms with E-state index in [2.05, 4.69) is 15.0 Å². The Bertz CT molecular complexity index is 549. The van der Waals surface area contributed by atoms with Crippen molar-refractivity contribution in [1.82, 2.24) is 19.5 Å². The first-order chi connectivity index (χ1) is 7.61. The van der Waals surface area contributed by atoms with Crippen LogP contribution >= 0.6 is 0 Å². The van der Waals surface area contributed by atoms with Crippen molar-refractivity contribution in [2.45, 2.75) is 0 Å². The summed E-state index contributed by atoms with van der Waals surface area (Å²) in [7, 11) is 1.71. The van der Waals surface area contributed by atoms with Gasteiger partial charge in [-0.25, -0.2) is 15.0 Å². The van der Waals surface area contributed by atoms with Crippen LogP contribution in [0.4, 0.5) is 11.5 Å². The van der Waals surface area contributed by atoms with Crippen LogP contribution in [0.1, 0.15) is 0 Å². The number of nitrogen functional groups attached to an aromatic ring is 1. The summed E-state index contributed by atoms with van der Waals surface area (Å²) >= 11 is 0. The molecular formula is C8H8N6O2. The van der Waals surface area contributed by atoms with Crippen molar-refractivity contribution in [3.8, 4) is 11.5 Å². The van der Waals surface area contributed by atoms with E-state index in [1.807, 2.05) is 0 Å². The first-order valence-electron chi connectivity index (χ1n) is 4.34. The summed E-state index contributed by atoms with van der Waals surface area (Å²) in [5, 5.41) is 10.9. The van der Waals surface area contributed by atoms with Crippen molar-refractivity contribution in [3.05, 3.63) is 28.8 Å². The van der Waals surface area contributed by atoms with E-state index in [4.69, 9.17) is 5.73 Å². The molecule has 16 heavy (non-hydrogen) atoms. The highest BCUT2D eigenvalue weighted by atomic mass is 16.6. The fourth-order valence-corrected chi connectivity index (χ4v) is 1.33. The third kappa shape index (κ3) is 1.45. The zero-order chi connectivity index (χ0) is 11.7. The number of rotatable bonds is 2. The molecule has 2 N–H and O–H groups in total. The standard InChI is InChI=1S/C8H8N6O2/c1-13-3-2-10-8(13)5-6(14(15)16)7(9)12-4-11-5/h2-4H,1H3,(H2,9,11,12). The summed E-state index contributed by atoms with van der Waals surface area (Å²) in [5.74, 6) is 0.207. The number of aromatic nitrogens is 4. The highest BCUT2D eigenvalue weighted by molar-refractivity contribution is 5.71. The fourth-order valence-electron chi connectivity index (χ4n) is 1.33. The van der Waals surface area contributed by atoms with Gasteiger partial charge in [0.2, 0.25) is 5.82 Å². The van der Waals surface area contributed by atoms with Gasteiger partial charge in [0.05, 0.1) is 4.92 Å². The van der Waals surface area contributed by atoms with Gasteiger partial charge < -0.3 is 10.3 Å². The minimum atomic E-state index is -0.612. The zero-order valence-electron chi connectivity index (χ0n) is 8.36. The van der Waals surface area contributed by atoms with Crippen molar-refractivity contribution in [3.63, 3.8) is 0 Å². The Balaban J connectivity index is 2.70. The van der Waals surface area contributed by atoms with E-state index in [0.717, 1.165) is 0 Å². The van der Waals surface area contributed by atoms with E-state index < -0.39 is 4.92 Å². The van der Waals surface area contributed by atoms with Gasteiger partial charge >= 0.3 is 5.69 Å². The van der Waals surface area contributed by atoms with E-state index in [0.29, 0.717) is 5.82 Å². The van der Waals surface area contributed by atoms with E-state index in [1.54, 1.807) is 17.8 Å². The van der Waals surface area contributed by atoms with Crippen LogP contribution in [0.3, 0.4) is 0 Å². The molecule has 0 aliphatic carbocycles. The maximum Gasteiger partial charge on any atom is 0.340 e. The van der Waals surface area contributed by atoms with Gasteiger partial charge in [-0.05, 0) is 0 Å².